The minimum absolute atomic E-state index is 0.0102. The second-order valence-corrected chi connectivity index (χ2v) is 5.85. The molecular formula is C17H21N5O5. The summed E-state index contributed by atoms with van der Waals surface area (Å²) in [6.45, 7) is 4.42. The van der Waals surface area contributed by atoms with Crippen molar-refractivity contribution >= 4 is 11.7 Å². The van der Waals surface area contributed by atoms with E-state index in [1.165, 1.54) is 0 Å². The van der Waals surface area contributed by atoms with Gasteiger partial charge in [-0.15, -0.1) is 5.10 Å². The van der Waals surface area contributed by atoms with Gasteiger partial charge in [0.1, 0.15) is 0 Å². The van der Waals surface area contributed by atoms with E-state index in [9.17, 15) is 4.79 Å². The summed E-state index contributed by atoms with van der Waals surface area (Å²) in [6, 6.07) is 5.44. The number of hydrogen-bond donors (Lipinski definition) is 0. The molecule has 0 atom stereocenters. The fraction of sp³-hybridized carbons (Fsp3) is 0.471. The van der Waals surface area contributed by atoms with Crippen LogP contribution in [0.2, 0.25) is 0 Å². The third-order valence-electron chi connectivity index (χ3n) is 3.87. The molecule has 0 spiro atoms. The highest BCUT2D eigenvalue weighted by Gasteiger charge is 2.14. The van der Waals surface area contributed by atoms with Crippen LogP contribution >= 0.6 is 0 Å². The van der Waals surface area contributed by atoms with E-state index < -0.39 is 5.97 Å². The normalized spacial score (nSPS) is 12.9. The Morgan fingerprint density at radius 1 is 1.33 bits per heavy atom. The summed E-state index contributed by atoms with van der Waals surface area (Å²) >= 11 is 0. The van der Waals surface area contributed by atoms with Crippen LogP contribution in [0.15, 0.2) is 23.4 Å². The highest BCUT2D eigenvalue weighted by molar-refractivity contribution is 5.99. The molecule has 2 aromatic rings. The number of ether oxygens (including phenoxy) is 3. The molecule has 10 heteroatoms. The second kappa shape index (κ2) is 8.97. The van der Waals surface area contributed by atoms with Crippen LogP contribution in [0.1, 0.15) is 38.1 Å². The van der Waals surface area contributed by atoms with Crippen molar-refractivity contribution in [3.8, 4) is 11.5 Å². The zero-order valence-corrected chi connectivity index (χ0v) is 15.3. The Morgan fingerprint density at radius 3 is 3.04 bits per heavy atom. The zero-order valence-electron chi connectivity index (χ0n) is 15.3. The maximum absolute atomic E-state index is 11.8. The van der Waals surface area contributed by atoms with Gasteiger partial charge >= 0.3 is 5.97 Å². The van der Waals surface area contributed by atoms with E-state index in [1.54, 1.807) is 23.7 Å². The fourth-order valence-electron chi connectivity index (χ4n) is 2.35. The van der Waals surface area contributed by atoms with Crippen molar-refractivity contribution in [2.45, 2.75) is 39.8 Å². The Hall–Kier alpha value is -3.17. The molecule has 0 radical (unpaired) electrons. The first-order valence-corrected chi connectivity index (χ1v) is 8.64. The summed E-state index contributed by atoms with van der Waals surface area (Å²) in [5, 5.41) is 15.3. The van der Waals surface area contributed by atoms with Gasteiger partial charge in [-0.25, -0.2) is 9.48 Å². The number of nitrogens with zero attached hydrogens (tertiary/aromatic N) is 5. The third-order valence-corrected chi connectivity index (χ3v) is 3.87. The molecule has 1 aliphatic heterocycles. The van der Waals surface area contributed by atoms with Crippen molar-refractivity contribution in [3.63, 3.8) is 0 Å². The van der Waals surface area contributed by atoms with Gasteiger partial charge in [0.25, 0.3) is 0 Å². The first kappa shape index (κ1) is 18.6. The number of aromatic nitrogens is 4. The van der Waals surface area contributed by atoms with Gasteiger partial charge in [-0.3, -0.25) is 0 Å². The molecule has 10 nitrogen and oxygen atoms in total. The predicted molar refractivity (Wildman–Crippen MR) is 93.2 cm³/mol. The molecule has 1 aromatic carbocycles. The highest BCUT2D eigenvalue weighted by Crippen LogP contribution is 2.32. The van der Waals surface area contributed by atoms with Crippen molar-refractivity contribution in [2.75, 3.05) is 13.4 Å². The Labute approximate surface area is 156 Å². The van der Waals surface area contributed by atoms with Crippen LogP contribution in [0.4, 0.5) is 0 Å². The predicted octanol–water partition coefficient (Wildman–Crippen LogP) is 1.69. The SMILES string of the molecule is CCCCn1nnnc1COC(=O)CO/N=C(\C)c1ccc2c(c1)OCO2. The molecule has 0 aliphatic carbocycles. The molecule has 0 saturated carbocycles. The van der Waals surface area contributed by atoms with Crippen molar-refractivity contribution in [1.29, 1.82) is 0 Å². The largest absolute Gasteiger partial charge is 0.455 e. The minimum atomic E-state index is -0.553. The molecule has 0 amide bonds. The number of carbonyl (C=O) groups is 1. The first-order valence-electron chi connectivity index (χ1n) is 8.64. The molecule has 1 aliphatic rings. The lowest BCUT2D eigenvalue weighted by atomic mass is 10.1. The van der Waals surface area contributed by atoms with Gasteiger partial charge in [0.15, 0.2) is 23.9 Å². The van der Waals surface area contributed by atoms with E-state index in [2.05, 4.69) is 27.6 Å². The Kier molecular flexibility index (Phi) is 6.18. The molecule has 0 saturated heterocycles. The number of fused-ring (bicyclic) bond motifs is 1. The fourth-order valence-corrected chi connectivity index (χ4v) is 2.35. The smallest absolute Gasteiger partial charge is 0.347 e. The van der Waals surface area contributed by atoms with Crippen LogP contribution in [0, 0.1) is 0 Å². The van der Waals surface area contributed by atoms with Crippen molar-refractivity contribution in [1.82, 2.24) is 20.2 Å². The third kappa shape index (κ3) is 4.93. The molecule has 0 unspecified atom stereocenters. The number of benzene rings is 1. The second-order valence-electron chi connectivity index (χ2n) is 5.85. The Balaban J connectivity index is 1.45. The monoisotopic (exact) mass is 375 g/mol. The van der Waals surface area contributed by atoms with Crippen molar-refractivity contribution < 1.29 is 23.8 Å². The Morgan fingerprint density at radius 2 is 2.19 bits per heavy atom. The molecule has 0 bridgehead atoms. The van der Waals surface area contributed by atoms with Crippen LogP contribution in [-0.4, -0.2) is 45.3 Å². The summed E-state index contributed by atoms with van der Waals surface area (Å²) < 4.78 is 17.3. The maximum atomic E-state index is 11.8. The van der Waals surface area contributed by atoms with Crippen LogP contribution in [-0.2, 0) is 27.5 Å². The van der Waals surface area contributed by atoms with Crippen LogP contribution in [0.5, 0.6) is 11.5 Å². The summed E-state index contributed by atoms with van der Waals surface area (Å²) in [5.74, 6) is 1.29. The molecule has 1 aromatic heterocycles. The average Bonchev–Trinajstić information content (AvgIpc) is 3.32. The van der Waals surface area contributed by atoms with Gasteiger partial charge in [-0.1, -0.05) is 18.5 Å². The topological polar surface area (TPSA) is 110 Å². The lowest BCUT2D eigenvalue weighted by molar-refractivity contribution is -0.150. The van der Waals surface area contributed by atoms with Crippen molar-refractivity contribution in [3.05, 3.63) is 29.6 Å². The minimum Gasteiger partial charge on any atom is -0.455 e. The van der Waals surface area contributed by atoms with E-state index in [-0.39, 0.29) is 20.0 Å². The van der Waals surface area contributed by atoms with Crippen LogP contribution in [0.3, 0.4) is 0 Å². The van der Waals surface area contributed by atoms with E-state index in [0.717, 1.165) is 18.4 Å². The molecule has 3 rings (SSSR count). The number of carbonyl (C=O) groups excluding carboxylic acids is 1. The molecular weight excluding hydrogens is 354 g/mol. The summed E-state index contributed by atoms with van der Waals surface area (Å²) in [5.41, 5.74) is 1.41. The lowest BCUT2D eigenvalue weighted by Crippen LogP contribution is -2.14. The zero-order chi connectivity index (χ0) is 19.1. The van der Waals surface area contributed by atoms with E-state index in [0.29, 0.717) is 29.6 Å². The molecule has 0 N–H and O–H groups in total. The van der Waals surface area contributed by atoms with Gasteiger partial charge in [-0.05, 0) is 42.0 Å². The van der Waals surface area contributed by atoms with E-state index in [1.807, 2.05) is 6.07 Å². The van der Waals surface area contributed by atoms with E-state index >= 15 is 0 Å². The molecule has 2 heterocycles. The summed E-state index contributed by atoms with van der Waals surface area (Å²) in [4.78, 5) is 16.9. The number of aryl methyl sites for hydroxylation is 1. The molecule has 0 fully saturated rings. The number of esters is 1. The van der Waals surface area contributed by atoms with Gasteiger partial charge in [0.2, 0.25) is 13.4 Å². The lowest BCUT2D eigenvalue weighted by Gasteiger charge is -2.06. The highest BCUT2D eigenvalue weighted by atomic mass is 16.7. The van der Waals surface area contributed by atoms with E-state index in [4.69, 9.17) is 19.0 Å². The van der Waals surface area contributed by atoms with Gasteiger partial charge in [0, 0.05) is 12.1 Å². The molecule has 27 heavy (non-hydrogen) atoms. The van der Waals surface area contributed by atoms with Crippen molar-refractivity contribution in [2.24, 2.45) is 5.16 Å². The van der Waals surface area contributed by atoms with Crippen LogP contribution in [0.25, 0.3) is 0 Å². The quantitative estimate of drug-likeness (QED) is 0.370. The number of tetrazole rings is 1. The Bertz CT molecular complexity index is 820. The first-order chi connectivity index (χ1) is 13.2. The van der Waals surface area contributed by atoms with Crippen LogP contribution < -0.4 is 9.47 Å². The number of oxime groups is 1. The summed E-state index contributed by atoms with van der Waals surface area (Å²) in [7, 11) is 0. The van der Waals surface area contributed by atoms with Gasteiger partial charge < -0.3 is 19.0 Å². The number of hydrogen-bond acceptors (Lipinski definition) is 9. The number of unbranched alkanes of at least 4 members (excludes halogenated alkanes) is 1. The molecule has 144 valence electrons. The average molecular weight is 375 g/mol. The van der Waals surface area contributed by atoms with Gasteiger partial charge in [-0.2, -0.15) is 0 Å². The van der Waals surface area contributed by atoms with Gasteiger partial charge in [0.05, 0.1) is 5.71 Å². The standard InChI is InChI=1S/C17H21N5O5/c1-3-4-7-22-16(18-20-21-22)9-24-17(23)10-27-19-12(2)13-5-6-14-15(8-13)26-11-25-14/h5-6,8H,3-4,7,9-11H2,1-2H3/b19-12+. The number of rotatable bonds is 9. The summed E-state index contributed by atoms with van der Waals surface area (Å²) in [6.07, 6.45) is 1.97. The maximum Gasteiger partial charge on any atom is 0.347 e.